The van der Waals surface area contributed by atoms with Crippen molar-refractivity contribution in [3.8, 4) is 0 Å². The highest BCUT2D eigenvalue weighted by Gasteiger charge is 2.20. The molecule has 0 atom stereocenters. The lowest BCUT2D eigenvalue weighted by Gasteiger charge is -2.27. The number of anilines is 2. The topological polar surface area (TPSA) is 49.4 Å². The SMILES string of the molecule is CC(=O)N(CCC(=O)Nc1cc(C)ccc1C)c1c(C)cccc1C(C)C. The van der Waals surface area contributed by atoms with Gasteiger partial charge in [0, 0.05) is 31.3 Å². The molecule has 2 aromatic rings. The minimum Gasteiger partial charge on any atom is -0.326 e. The van der Waals surface area contributed by atoms with Gasteiger partial charge in [0.25, 0.3) is 0 Å². The van der Waals surface area contributed by atoms with Crippen molar-refractivity contribution in [3.63, 3.8) is 0 Å². The number of rotatable bonds is 6. The molecule has 2 aromatic carbocycles. The van der Waals surface area contributed by atoms with Crippen LogP contribution in [0, 0.1) is 20.8 Å². The Morgan fingerprint density at radius 1 is 1.04 bits per heavy atom. The fraction of sp³-hybridized carbons (Fsp3) is 0.391. The lowest BCUT2D eigenvalue weighted by Crippen LogP contribution is -2.33. The largest absolute Gasteiger partial charge is 0.326 e. The van der Waals surface area contributed by atoms with E-state index in [4.69, 9.17) is 0 Å². The first kappa shape index (κ1) is 20.7. The second-order valence-electron chi connectivity index (χ2n) is 7.45. The number of nitrogens with one attached hydrogen (secondary N) is 1. The van der Waals surface area contributed by atoms with Gasteiger partial charge in [-0.15, -0.1) is 0 Å². The first-order valence-corrected chi connectivity index (χ1v) is 9.45. The Balaban J connectivity index is 2.17. The van der Waals surface area contributed by atoms with Crippen molar-refractivity contribution >= 4 is 23.2 Å². The van der Waals surface area contributed by atoms with Gasteiger partial charge in [-0.1, -0.05) is 44.2 Å². The summed E-state index contributed by atoms with van der Waals surface area (Å²) in [5.41, 5.74) is 6.06. The van der Waals surface area contributed by atoms with Crippen molar-refractivity contribution < 1.29 is 9.59 Å². The number of aryl methyl sites for hydroxylation is 3. The van der Waals surface area contributed by atoms with E-state index in [1.807, 2.05) is 51.1 Å². The maximum absolute atomic E-state index is 12.5. The first-order chi connectivity index (χ1) is 12.7. The van der Waals surface area contributed by atoms with Crippen LogP contribution in [0.5, 0.6) is 0 Å². The molecule has 144 valence electrons. The second kappa shape index (κ2) is 8.85. The second-order valence-corrected chi connectivity index (χ2v) is 7.45. The van der Waals surface area contributed by atoms with Gasteiger partial charge in [-0.2, -0.15) is 0 Å². The van der Waals surface area contributed by atoms with Crippen LogP contribution < -0.4 is 10.2 Å². The Kier molecular flexibility index (Phi) is 6.78. The lowest BCUT2D eigenvalue weighted by molar-refractivity contribution is -0.117. The van der Waals surface area contributed by atoms with Crippen molar-refractivity contribution in [3.05, 3.63) is 58.7 Å². The van der Waals surface area contributed by atoms with Crippen molar-refractivity contribution in [1.82, 2.24) is 0 Å². The molecule has 0 spiro atoms. The minimum absolute atomic E-state index is 0.0502. The molecular weight excluding hydrogens is 336 g/mol. The molecule has 4 nitrogen and oxygen atoms in total. The Morgan fingerprint density at radius 2 is 1.74 bits per heavy atom. The van der Waals surface area contributed by atoms with E-state index in [1.165, 1.54) is 0 Å². The van der Waals surface area contributed by atoms with Crippen LogP contribution >= 0.6 is 0 Å². The minimum atomic E-state index is -0.0883. The highest BCUT2D eigenvalue weighted by atomic mass is 16.2. The molecule has 0 aliphatic carbocycles. The zero-order valence-corrected chi connectivity index (χ0v) is 17.2. The molecule has 1 N–H and O–H groups in total. The third-order valence-electron chi connectivity index (χ3n) is 4.77. The third kappa shape index (κ3) is 5.19. The predicted molar refractivity (Wildman–Crippen MR) is 112 cm³/mol. The number of hydrogen-bond donors (Lipinski definition) is 1. The van der Waals surface area contributed by atoms with E-state index in [9.17, 15) is 9.59 Å². The van der Waals surface area contributed by atoms with Crippen LogP contribution in [0.3, 0.4) is 0 Å². The fourth-order valence-corrected chi connectivity index (χ4v) is 3.24. The third-order valence-corrected chi connectivity index (χ3v) is 4.77. The van der Waals surface area contributed by atoms with Crippen LogP contribution in [-0.4, -0.2) is 18.4 Å². The van der Waals surface area contributed by atoms with Gasteiger partial charge in [0.1, 0.15) is 0 Å². The number of amides is 2. The predicted octanol–water partition coefficient (Wildman–Crippen LogP) is 5.12. The highest BCUT2D eigenvalue weighted by molar-refractivity contribution is 5.96. The molecule has 27 heavy (non-hydrogen) atoms. The van der Waals surface area contributed by atoms with Crippen molar-refractivity contribution in [1.29, 1.82) is 0 Å². The Hall–Kier alpha value is -2.62. The summed E-state index contributed by atoms with van der Waals surface area (Å²) in [5.74, 6) is 0.158. The highest BCUT2D eigenvalue weighted by Crippen LogP contribution is 2.31. The van der Waals surface area contributed by atoms with E-state index in [0.29, 0.717) is 12.5 Å². The van der Waals surface area contributed by atoms with Gasteiger partial charge in [0.2, 0.25) is 11.8 Å². The van der Waals surface area contributed by atoms with Crippen LogP contribution in [0.15, 0.2) is 36.4 Å². The molecule has 0 aliphatic rings. The van der Waals surface area contributed by atoms with Crippen LogP contribution in [0.4, 0.5) is 11.4 Å². The summed E-state index contributed by atoms with van der Waals surface area (Å²) in [4.78, 5) is 26.6. The Bertz CT molecular complexity index is 840. The molecule has 0 fully saturated rings. The summed E-state index contributed by atoms with van der Waals surface area (Å²) in [6, 6.07) is 12.1. The molecule has 0 saturated heterocycles. The average molecular weight is 367 g/mol. The molecular formula is C23H30N2O2. The lowest BCUT2D eigenvalue weighted by atomic mass is 9.97. The smallest absolute Gasteiger partial charge is 0.226 e. The van der Waals surface area contributed by atoms with Crippen LogP contribution in [0.25, 0.3) is 0 Å². The van der Waals surface area contributed by atoms with Gasteiger partial charge in [0.05, 0.1) is 0 Å². The van der Waals surface area contributed by atoms with Crippen LogP contribution in [0.2, 0.25) is 0 Å². The molecule has 2 amide bonds. The molecule has 0 aliphatic heterocycles. The molecule has 0 radical (unpaired) electrons. The van der Waals surface area contributed by atoms with E-state index < -0.39 is 0 Å². The molecule has 0 saturated carbocycles. The summed E-state index contributed by atoms with van der Waals surface area (Å²) in [5, 5.41) is 2.97. The van der Waals surface area contributed by atoms with Gasteiger partial charge in [-0.3, -0.25) is 9.59 Å². The summed E-state index contributed by atoms with van der Waals surface area (Å²) in [6.45, 7) is 12.1. The fourth-order valence-electron chi connectivity index (χ4n) is 3.24. The Labute approximate surface area is 162 Å². The van der Waals surface area contributed by atoms with E-state index in [0.717, 1.165) is 33.6 Å². The molecule has 0 heterocycles. The molecule has 4 heteroatoms. The van der Waals surface area contributed by atoms with Gasteiger partial charge in [-0.05, 0) is 55.0 Å². The van der Waals surface area contributed by atoms with Crippen molar-refractivity contribution in [2.45, 2.75) is 53.9 Å². The van der Waals surface area contributed by atoms with E-state index in [1.54, 1.807) is 11.8 Å². The maximum Gasteiger partial charge on any atom is 0.226 e. The number of hydrogen-bond acceptors (Lipinski definition) is 2. The number of para-hydroxylation sites is 1. The van der Waals surface area contributed by atoms with Gasteiger partial charge < -0.3 is 10.2 Å². The van der Waals surface area contributed by atoms with Crippen LogP contribution in [-0.2, 0) is 9.59 Å². The number of benzene rings is 2. The summed E-state index contributed by atoms with van der Waals surface area (Å²) >= 11 is 0. The Morgan fingerprint density at radius 3 is 2.37 bits per heavy atom. The zero-order valence-electron chi connectivity index (χ0n) is 17.2. The summed E-state index contributed by atoms with van der Waals surface area (Å²) in [6.07, 6.45) is 0.249. The van der Waals surface area contributed by atoms with E-state index in [2.05, 4.69) is 25.2 Å². The van der Waals surface area contributed by atoms with Crippen LogP contribution in [0.1, 0.15) is 55.4 Å². The van der Waals surface area contributed by atoms with Crippen molar-refractivity contribution in [2.24, 2.45) is 0 Å². The molecule has 0 bridgehead atoms. The number of carbonyl (C=O) groups is 2. The summed E-state index contributed by atoms with van der Waals surface area (Å²) in [7, 11) is 0. The standard InChI is InChI=1S/C23H30N2O2/c1-15(2)20-9-7-8-18(5)23(20)25(19(6)26)13-12-22(27)24-21-14-16(3)10-11-17(21)4/h7-11,14-15H,12-13H2,1-6H3,(H,24,27). The van der Waals surface area contributed by atoms with E-state index in [-0.39, 0.29) is 18.2 Å². The molecule has 0 aromatic heterocycles. The van der Waals surface area contributed by atoms with Gasteiger partial charge in [-0.25, -0.2) is 0 Å². The zero-order chi connectivity index (χ0) is 20.1. The first-order valence-electron chi connectivity index (χ1n) is 9.45. The monoisotopic (exact) mass is 366 g/mol. The normalized spacial score (nSPS) is 10.8. The average Bonchev–Trinajstić information content (AvgIpc) is 2.59. The number of carbonyl (C=O) groups excluding carboxylic acids is 2. The van der Waals surface area contributed by atoms with Gasteiger partial charge >= 0.3 is 0 Å². The summed E-state index contributed by atoms with van der Waals surface area (Å²) < 4.78 is 0. The maximum atomic E-state index is 12.5. The van der Waals surface area contributed by atoms with Crippen molar-refractivity contribution in [2.75, 3.05) is 16.8 Å². The quantitative estimate of drug-likeness (QED) is 0.771. The van der Waals surface area contributed by atoms with Gasteiger partial charge in [0.15, 0.2) is 0 Å². The molecule has 0 unspecified atom stereocenters. The van der Waals surface area contributed by atoms with E-state index >= 15 is 0 Å². The molecule has 2 rings (SSSR count). The number of nitrogens with zero attached hydrogens (tertiary/aromatic N) is 1.